The second-order valence-corrected chi connectivity index (χ2v) is 10.6. The number of hydrogen-bond donors (Lipinski definition) is 1. The van der Waals surface area contributed by atoms with Gasteiger partial charge in [-0.1, -0.05) is 6.92 Å². The Labute approximate surface area is 176 Å². The van der Waals surface area contributed by atoms with Crippen molar-refractivity contribution in [2.75, 3.05) is 13.1 Å². The van der Waals surface area contributed by atoms with Crippen molar-refractivity contribution in [1.29, 1.82) is 0 Å². The molecule has 1 saturated carbocycles. The number of rotatable bonds is 4. The van der Waals surface area contributed by atoms with Crippen molar-refractivity contribution in [1.82, 2.24) is 14.2 Å². The summed E-state index contributed by atoms with van der Waals surface area (Å²) in [5.41, 5.74) is 0.797. The Kier molecular flexibility index (Phi) is 5.76. The van der Waals surface area contributed by atoms with Gasteiger partial charge in [0, 0.05) is 38.2 Å². The largest absolute Gasteiger partial charge is 0.419 e. The Morgan fingerprint density at radius 1 is 1.10 bits per heavy atom. The number of benzene rings is 1. The normalized spacial score (nSPS) is 24.2. The van der Waals surface area contributed by atoms with E-state index >= 15 is 0 Å². The predicted octanol–water partition coefficient (Wildman–Crippen LogP) is 2.23. The van der Waals surface area contributed by atoms with Gasteiger partial charge in [0.15, 0.2) is 5.58 Å². The summed E-state index contributed by atoms with van der Waals surface area (Å²) in [5, 5.41) is 3.17. The number of amides is 1. The zero-order valence-corrected chi connectivity index (χ0v) is 18.3. The molecular formula is C21H29N3O5S. The molecule has 1 aromatic carbocycles. The number of sulfonamides is 1. The van der Waals surface area contributed by atoms with Crippen LogP contribution in [0.1, 0.15) is 45.4 Å². The number of aryl methyl sites for hydroxylation is 1. The Balaban J connectivity index is 1.39. The van der Waals surface area contributed by atoms with Gasteiger partial charge in [-0.2, -0.15) is 4.31 Å². The lowest BCUT2D eigenvalue weighted by atomic mass is 9.87. The van der Waals surface area contributed by atoms with Crippen molar-refractivity contribution in [3.8, 4) is 0 Å². The molecule has 1 saturated heterocycles. The van der Waals surface area contributed by atoms with E-state index in [1.165, 1.54) is 21.0 Å². The van der Waals surface area contributed by atoms with Gasteiger partial charge < -0.3 is 9.73 Å². The first kappa shape index (κ1) is 21.1. The molecule has 4 rings (SSSR count). The summed E-state index contributed by atoms with van der Waals surface area (Å²) in [7, 11) is -2.13. The number of oxazole rings is 1. The Morgan fingerprint density at radius 2 is 1.77 bits per heavy atom. The van der Waals surface area contributed by atoms with Gasteiger partial charge in [-0.05, 0) is 56.6 Å². The monoisotopic (exact) mass is 435 g/mol. The van der Waals surface area contributed by atoms with E-state index in [1.54, 1.807) is 13.1 Å². The third kappa shape index (κ3) is 4.05. The van der Waals surface area contributed by atoms with Crippen LogP contribution >= 0.6 is 0 Å². The number of piperidine rings is 1. The van der Waals surface area contributed by atoms with Crippen LogP contribution in [-0.2, 0) is 21.9 Å². The first-order valence-electron chi connectivity index (χ1n) is 10.7. The molecule has 1 aromatic heterocycles. The van der Waals surface area contributed by atoms with Gasteiger partial charge in [0.05, 0.1) is 10.4 Å². The van der Waals surface area contributed by atoms with Crippen molar-refractivity contribution < 1.29 is 17.6 Å². The van der Waals surface area contributed by atoms with E-state index in [1.807, 2.05) is 0 Å². The second-order valence-electron chi connectivity index (χ2n) is 8.70. The van der Waals surface area contributed by atoms with Crippen LogP contribution in [0.2, 0.25) is 0 Å². The molecule has 9 heteroatoms. The lowest BCUT2D eigenvalue weighted by Crippen LogP contribution is -2.46. The quantitative estimate of drug-likeness (QED) is 0.794. The van der Waals surface area contributed by atoms with Gasteiger partial charge in [0.25, 0.3) is 0 Å². The maximum atomic E-state index is 13.0. The van der Waals surface area contributed by atoms with E-state index in [2.05, 4.69) is 12.2 Å². The van der Waals surface area contributed by atoms with Gasteiger partial charge >= 0.3 is 5.76 Å². The molecule has 164 valence electrons. The highest BCUT2D eigenvalue weighted by molar-refractivity contribution is 7.89. The van der Waals surface area contributed by atoms with E-state index in [0.29, 0.717) is 31.4 Å². The van der Waals surface area contributed by atoms with E-state index in [9.17, 15) is 18.0 Å². The molecule has 0 unspecified atom stereocenters. The Bertz CT molecular complexity index is 1090. The van der Waals surface area contributed by atoms with E-state index < -0.39 is 15.8 Å². The summed E-state index contributed by atoms with van der Waals surface area (Å²) in [6, 6.07) is 4.73. The van der Waals surface area contributed by atoms with Crippen LogP contribution in [0.3, 0.4) is 0 Å². The molecule has 30 heavy (non-hydrogen) atoms. The summed E-state index contributed by atoms with van der Waals surface area (Å²) in [6.07, 6.45) is 5.37. The van der Waals surface area contributed by atoms with E-state index in [4.69, 9.17) is 4.42 Å². The molecule has 2 aliphatic rings. The van der Waals surface area contributed by atoms with Gasteiger partial charge in [-0.3, -0.25) is 9.36 Å². The van der Waals surface area contributed by atoms with Crippen LogP contribution in [-0.4, -0.2) is 42.3 Å². The number of nitrogens with zero attached hydrogens (tertiary/aromatic N) is 2. The van der Waals surface area contributed by atoms with Crippen molar-refractivity contribution in [2.45, 2.75) is 56.4 Å². The fourth-order valence-corrected chi connectivity index (χ4v) is 5.99. The van der Waals surface area contributed by atoms with Crippen LogP contribution < -0.4 is 11.1 Å². The highest BCUT2D eigenvalue weighted by Gasteiger charge is 2.33. The number of hydrogen-bond acceptors (Lipinski definition) is 5. The van der Waals surface area contributed by atoms with Crippen LogP contribution in [0.15, 0.2) is 32.3 Å². The fraction of sp³-hybridized carbons (Fsp3) is 0.619. The van der Waals surface area contributed by atoms with Crippen molar-refractivity contribution in [2.24, 2.45) is 18.9 Å². The average Bonchev–Trinajstić information content (AvgIpc) is 3.03. The summed E-state index contributed by atoms with van der Waals surface area (Å²) in [4.78, 5) is 24.4. The minimum atomic E-state index is -3.71. The lowest BCUT2D eigenvalue weighted by molar-refractivity contribution is -0.127. The van der Waals surface area contributed by atoms with E-state index in [-0.39, 0.29) is 28.3 Å². The fourth-order valence-electron chi connectivity index (χ4n) is 4.51. The van der Waals surface area contributed by atoms with Crippen LogP contribution in [0, 0.1) is 11.8 Å². The maximum Gasteiger partial charge on any atom is 0.419 e. The summed E-state index contributed by atoms with van der Waals surface area (Å²) >= 11 is 0. The minimum absolute atomic E-state index is 0.0547. The second kappa shape index (κ2) is 8.19. The topological polar surface area (TPSA) is 102 Å². The standard InChI is InChI=1S/C21H29N3O5S/c1-14-3-5-16(6-4-14)22-20(25)15-9-11-24(12-10-15)30(27,28)17-7-8-18-19(13-17)29-21(26)23(18)2/h7-8,13-16H,3-6,9-12H2,1-2H3,(H,22,25). The van der Waals surface area contributed by atoms with Crippen LogP contribution in [0.5, 0.6) is 0 Å². The molecular weight excluding hydrogens is 406 g/mol. The number of aromatic nitrogens is 1. The van der Waals surface area contributed by atoms with Crippen molar-refractivity contribution >= 4 is 27.0 Å². The van der Waals surface area contributed by atoms with Crippen LogP contribution in [0.4, 0.5) is 0 Å². The van der Waals surface area contributed by atoms with E-state index in [0.717, 1.165) is 31.6 Å². The molecule has 1 aliphatic heterocycles. The number of nitrogens with one attached hydrogen (secondary N) is 1. The molecule has 2 heterocycles. The zero-order valence-electron chi connectivity index (χ0n) is 17.5. The molecule has 1 aliphatic carbocycles. The lowest BCUT2D eigenvalue weighted by Gasteiger charge is -2.32. The molecule has 0 atom stereocenters. The SMILES string of the molecule is CC1CCC(NC(=O)C2CCN(S(=O)(=O)c3ccc4c(c3)oc(=O)n4C)CC2)CC1. The molecule has 2 aromatic rings. The summed E-state index contributed by atoms with van der Waals surface area (Å²) in [6.45, 7) is 2.86. The Morgan fingerprint density at radius 3 is 2.43 bits per heavy atom. The minimum Gasteiger partial charge on any atom is -0.408 e. The van der Waals surface area contributed by atoms with Gasteiger partial charge in [0.2, 0.25) is 15.9 Å². The van der Waals surface area contributed by atoms with Gasteiger partial charge in [-0.25, -0.2) is 13.2 Å². The third-order valence-corrected chi connectivity index (χ3v) is 8.48. The molecule has 0 bridgehead atoms. The average molecular weight is 436 g/mol. The first-order chi connectivity index (χ1) is 14.3. The van der Waals surface area contributed by atoms with Gasteiger partial charge in [-0.15, -0.1) is 0 Å². The van der Waals surface area contributed by atoms with Crippen molar-refractivity contribution in [3.63, 3.8) is 0 Å². The first-order valence-corrected chi connectivity index (χ1v) is 12.1. The summed E-state index contributed by atoms with van der Waals surface area (Å²) < 4.78 is 34.0. The third-order valence-electron chi connectivity index (χ3n) is 6.59. The molecule has 1 N–H and O–H groups in total. The number of fused-ring (bicyclic) bond motifs is 1. The number of carbonyl (C=O) groups excluding carboxylic acids is 1. The Hall–Kier alpha value is -2.13. The highest BCUT2D eigenvalue weighted by Crippen LogP contribution is 2.27. The summed E-state index contributed by atoms with van der Waals surface area (Å²) in [5.74, 6) is 0.109. The maximum absolute atomic E-state index is 13.0. The molecule has 8 nitrogen and oxygen atoms in total. The molecule has 2 fully saturated rings. The molecule has 0 spiro atoms. The van der Waals surface area contributed by atoms with Gasteiger partial charge in [0.1, 0.15) is 0 Å². The molecule has 1 amide bonds. The zero-order chi connectivity index (χ0) is 21.5. The number of carbonyl (C=O) groups is 1. The smallest absolute Gasteiger partial charge is 0.408 e. The van der Waals surface area contributed by atoms with Crippen LogP contribution in [0.25, 0.3) is 11.1 Å². The van der Waals surface area contributed by atoms with Crippen molar-refractivity contribution in [3.05, 3.63) is 28.7 Å². The predicted molar refractivity (Wildman–Crippen MR) is 113 cm³/mol. The highest BCUT2D eigenvalue weighted by atomic mass is 32.2. The molecule has 0 radical (unpaired) electrons.